The first-order chi connectivity index (χ1) is 9.51. The molecule has 0 aliphatic heterocycles. The highest BCUT2D eigenvalue weighted by molar-refractivity contribution is 7.20. The topological polar surface area (TPSA) is 66.4 Å². The van der Waals surface area contributed by atoms with Gasteiger partial charge in [0.25, 0.3) is 5.91 Å². The highest BCUT2D eigenvalue weighted by atomic mass is 32.1. The maximum atomic E-state index is 13.1. The summed E-state index contributed by atoms with van der Waals surface area (Å²) in [5.74, 6) is -1.85. The lowest BCUT2D eigenvalue weighted by atomic mass is 10.1. The van der Waals surface area contributed by atoms with E-state index in [1.807, 2.05) is 6.92 Å². The Morgan fingerprint density at radius 3 is 2.80 bits per heavy atom. The number of hydrogen-bond donors (Lipinski definition) is 2. The molecule has 2 aromatic rings. The van der Waals surface area contributed by atoms with Gasteiger partial charge in [0.1, 0.15) is 11.9 Å². The number of amides is 1. The van der Waals surface area contributed by atoms with E-state index >= 15 is 0 Å². The van der Waals surface area contributed by atoms with Crippen LogP contribution in [0.15, 0.2) is 24.3 Å². The first-order valence-corrected chi connectivity index (χ1v) is 7.05. The number of benzene rings is 1. The van der Waals surface area contributed by atoms with Crippen molar-refractivity contribution < 1.29 is 19.1 Å². The van der Waals surface area contributed by atoms with E-state index in [1.54, 1.807) is 12.1 Å². The summed E-state index contributed by atoms with van der Waals surface area (Å²) in [6.45, 7) is 1.85. The average Bonchev–Trinajstić information content (AvgIpc) is 2.80. The van der Waals surface area contributed by atoms with Crippen LogP contribution >= 0.6 is 11.3 Å². The summed E-state index contributed by atoms with van der Waals surface area (Å²) in [6, 6.07) is 5.03. The van der Waals surface area contributed by atoms with E-state index in [-0.39, 0.29) is 5.82 Å². The van der Waals surface area contributed by atoms with Gasteiger partial charge < -0.3 is 10.4 Å². The van der Waals surface area contributed by atoms with Crippen LogP contribution in [0.1, 0.15) is 29.4 Å². The maximum absolute atomic E-state index is 13.1. The molecule has 0 unspecified atom stereocenters. The average molecular weight is 295 g/mol. The molecule has 0 aliphatic rings. The largest absolute Gasteiger partial charge is 0.480 e. The lowest BCUT2D eigenvalue weighted by Crippen LogP contribution is -2.40. The molecule has 0 aliphatic carbocycles. The van der Waals surface area contributed by atoms with Gasteiger partial charge in [-0.05, 0) is 30.0 Å². The molecule has 4 nitrogen and oxygen atoms in total. The van der Waals surface area contributed by atoms with Crippen LogP contribution in [0, 0.1) is 5.82 Å². The van der Waals surface area contributed by atoms with Gasteiger partial charge in [-0.3, -0.25) is 4.79 Å². The van der Waals surface area contributed by atoms with Crippen molar-refractivity contribution in [1.82, 2.24) is 5.32 Å². The van der Waals surface area contributed by atoms with Crippen LogP contribution in [0.25, 0.3) is 10.1 Å². The number of carbonyl (C=O) groups is 2. The van der Waals surface area contributed by atoms with Gasteiger partial charge in [0.05, 0.1) is 4.88 Å². The molecule has 1 amide bonds. The molecule has 6 heteroatoms. The van der Waals surface area contributed by atoms with Gasteiger partial charge in [-0.15, -0.1) is 11.3 Å². The molecule has 0 bridgehead atoms. The Labute approximate surface area is 119 Å². The minimum absolute atomic E-state index is 0.360. The SMILES string of the molecule is CCC[C@H](NC(=O)c1cc2ccc(F)cc2s1)C(=O)O. The molecule has 0 spiro atoms. The third kappa shape index (κ3) is 3.14. The van der Waals surface area contributed by atoms with Crippen molar-refractivity contribution >= 4 is 33.3 Å². The molecule has 20 heavy (non-hydrogen) atoms. The van der Waals surface area contributed by atoms with E-state index in [2.05, 4.69) is 5.32 Å². The second-order valence-electron chi connectivity index (χ2n) is 4.45. The normalized spacial score (nSPS) is 12.3. The summed E-state index contributed by atoms with van der Waals surface area (Å²) in [4.78, 5) is 23.4. The molecular weight excluding hydrogens is 281 g/mol. The van der Waals surface area contributed by atoms with Gasteiger partial charge in [-0.1, -0.05) is 19.4 Å². The van der Waals surface area contributed by atoms with Gasteiger partial charge in [-0.2, -0.15) is 0 Å². The lowest BCUT2D eigenvalue weighted by molar-refractivity contribution is -0.139. The highest BCUT2D eigenvalue weighted by Crippen LogP contribution is 2.26. The fourth-order valence-corrected chi connectivity index (χ4v) is 2.88. The quantitative estimate of drug-likeness (QED) is 0.891. The second kappa shape index (κ2) is 6.00. The van der Waals surface area contributed by atoms with E-state index in [1.165, 1.54) is 12.1 Å². The van der Waals surface area contributed by atoms with Crippen LogP contribution in [-0.4, -0.2) is 23.0 Å². The summed E-state index contributed by atoms with van der Waals surface area (Å²) in [7, 11) is 0. The third-order valence-corrected chi connectivity index (χ3v) is 3.98. The van der Waals surface area contributed by atoms with Crippen LogP contribution in [0.5, 0.6) is 0 Å². The fraction of sp³-hybridized carbons (Fsp3) is 0.286. The molecular formula is C14H14FNO3S. The number of hydrogen-bond acceptors (Lipinski definition) is 3. The Hall–Kier alpha value is -1.95. The number of fused-ring (bicyclic) bond motifs is 1. The van der Waals surface area contributed by atoms with E-state index in [9.17, 15) is 14.0 Å². The van der Waals surface area contributed by atoms with Crippen molar-refractivity contribution in [1.29, 1.82) is 0 Å². The Morgan fingerprint density at radius 1 is 1.40 bits per heavy atom. The molecule has 1 heterocycles. The van der Waals surface area contributed by atoms with Crippen LogP contribution < -0.4 is 5.32 Å². The Kier molecular flexibility index (Phi) is 4.34. The molecule has 106 valence electrons. The first-order valence-electron chi connectivity index (χ1n) is 6.24. The zero-order valence-electron chi connectivity index (χ0n) is 10.9. The van der Waals surface area contributed by atoms with Crippen LogP contribution in [0.3, 0.4) is 0 Å². The molecule has 0 saturated carbocycles. The van der Waals surface area contributed by atoms with Gasteiger partial charge in [0.15, 0.2) is 0 Å². The number of carboxylic acids is 1. The standard InChI is InChI=1S/C14H14FNO3S/c1-2-3-10(14(18)19)16-13(17)12-6-8-4-5-9(15)7-11(8)20-12/h4-7,10H,2-3H2,1H3,(H,16,17)(H,18,19)/t10-/m0/s1. The van der Waals surface area contributed by atoms with Crippen molar-refractivity contribution in [3.8, 4) is 0 Å². The summed E-state index contributed by atoms with van der Waals surface area (Å²) in [5.41, 5.74) is 0. The fourth-order valence-electron chi connectivity index (χ4n) is 1.89. The first kappa shape index (κ1) is 14.5. The summed E-state index contributed by atoms with van der Waals surface area (Å²) < 4.78 is 13.8. The van der Waals surface area contributed by atoms with Crippen molar-refractivity contribution in [3.05, 3.63) is 35.0 Å². The Balaban J connectivity index is 2.20. The van der Waals surface area contributed by atoms with Crippen LogP contribution in [-0.2, 0) is 4.79 Å². The Bertz CT molecular complexity index is 653. The molecule has 1 aromatic heterocycles. The van der Waals surface area contributed by atoms with E-state index < -0.39 is 17.9 Å². The van der Waals surface area contributed by atoms with Crippen molar-refractivity contribution in [3.63, 3.8) is 0 Å². The molecule has 2 rings (SSSR count). The summed E-state index contributed by atoms with van der Waals surface area (Å²) in [5, 5.41) is 12.3. The monoisotopic (exact) mass is 295 g/mol. The minimum Gasteiger partial charge on any atom is -0.480 e. The zero-order valence-corrected chi connectivity index (χ0v) is 11.7. The molecule has 1 aromatic carbocycles. The maximum Gasteiger partial charge on any atom is 0.326 e. The van der Waals surface area contributed by atoms with Gasteiger partial charge in [0, 0.05) is 4.70 Å². The number of carbonyl (C=O) groups excluding carboxylic acids is 1. The zero-order chi connectivity index (χ0) is 14.7. The number of carboxylic acid groups (broad SMARTS) is 1. The van der Waals surface area contributed by atoms with E-state index in [0.717, 1.165) is 16.7 Å². The highest BCUT2D eigenvalue weighted by Gasteiger charge is 2.20. The minimum atomic E-state index is -1.05. The van der Waals surface area contributed by atoms with E-state index in [4.69, 9.17) is 5.11 Å². The second-order valence-corrected chi connectivity index (χ2v) is 5.53. The van der Waals surface area contributed by atoms with Crippen molar-refractivity contribution in [2.45, 2.75) is 25.8 Å². The molecule has 1 atom stereocenters. The molecule has 2 N–H and O–H groups in total. The molecule has 0 fully saturated rings. The molecule has 0 radical (unpaired) electrons. The lowest BCUT2D eigenvalue weighted by Gasteiger charge is -2.12. The van der Waals surface area contributed by atoms with Gasteiger partial charge >= 0.3 is 5.97 Å². The third-order valence-electron chi connectivity index (χ3n) is 2.89. The number of thiophene rings is 1. The molecule has 0 saturated heterocycles. The van der Waals surface area contributed by atoms with Crippen LogP contribution in [0.2, 0.25) is 0 Å². The summed E-state index contributed by atoms with van der Waals surface area (Å²) >= 11 is 1.15. The number of halogens is 1. The van der Waals surface area contributed by atoms with E-state index in [0.29, 0.717) is 22.4 Å². The Morgan fingerprint density at radius 2 is 2.15 bits per heavy atom. The predicted octanol–water partition coefficient (Wildman–Crippen LogP) is 3.02. The smallest absolute Gasteiger partial charge is 0.326 e. The predicted molar refractivity (Wildman–Crippen MR) is 75.6 cm³/mol. The summed E-state index contributed by atoms with van der Waals surface area (Å²) in [6.07, 6.45) is 1.04. The van der Waals surface area contributed by atoms with Gasteiger partial charge in [-0.25, -0.2) is 9.18 Å². The number of aliphatic carboxylic acids is 1. The van der Waals surface area contributed by atoms with Crippen molar-refractivity contribution in [2.24, 2.45) is 0 Å². The number of rotatable bonds is 5. The number of nitrogens with one attached hydrogen (secondary N) is 1. The van der Waals surface area contributed by atoms with Gasteiger partial charge in [0.2, 0.25) is 0 Å². The van der Waals surface area contributed by atoms with Crippen molar-refractivity contribution in [2.75, 3.05) is 0 Å². The van der Waals surface area contributed by atoms with Crippen LogP contribution in [0.4, 0.5) is 4.39 Å².